The maximum atomic E-state index is 10.3. The van der Waals surface area contributed by atoms with Gasteiger partial charge >= 0.3 is 0 Å². The van der Waals surface area contributed by atoms with Gasteiger partial charge in [0.25, 0.3) is 0 Å². The average Bonchev–Trinajstić information content (AvgIpc) is 3.16. The van der Waals surface area contributed by atoms with Crippen LogP contribution in [0.3, 0.4) is 0 Å². The molecule has 25 heavy (non-hydrogen) atoms. The summed E-state index contributed by atoms with van der Waals surface area (Å²) in [6.07, 6.45) is 4.56. The SMILES string of the molecule is Nc1ccnc2c1CC=C2CN1C[C@H](CSCCOCCO)[C@H](O)C1. The second-order valence-corrected chi connectivity index (χ2v) is 7.74. The van der Waals surface area contributed by atoms with Gasteiger partial charge in [0.15, 0.2) is 0 Å². The van der Waals surface area contributed by atoms with Crippen LogP contribution < -0.4 is 5.73 Å². The highest BCUT2D eigenvalue weighted by molar-refractivity contribution is 7.99. The van der Waals surface area contributed by atoms with Crippen molar-refractivity contribution in [3.8, 4) is 0 Å². The van der Waals surface area contributed by atoms with Crippen LogP contribution in [0, 0.1) is 5.92 Å². The molecule has 1 aromatic heterocycles. The first-order valence-corrected chi connectivity index (χ1v) is 9.94. The zero-order valence-corrected chi connectivity index (χ0v) is 15.2. The fourth-order valence-electron chi connectivity index (χ4n) is 3.45. The summed E-state index contributed by atoms with van der Waals surface area (Å²) in [4.78, 5) is 6.80. The minimum atomic E-state index is -0.277. The molecule has 2 atom stereocenters. The molecule has 1 aliphatic heterocycles. The van der Waals surface area contributed by atoms with Crippen LogP contribution in [0.4, 0.5) is 5.69 Å². The predicted molar refractivity (Wildman–Crippen MR) is 101 cm³/mol. The summed E-state index contributed by atoms with van der Waals surface area (Å²) in [6.45, 7) is 3.55. The Morgan fingerprint density at radius 2 is 2.24 bits per heavy atom. The highest BCUT2D eigenvalue weighted by Crippen LogP contribution is 2.31. The Morgan fingerprint density at radius 3 is 3.08 bits per heavy atom. The first kappa shape index (κ1) is 18.7. The number of aliphatic hydroxyl groups excluding tert-OH is 2. The molecule has 138 valence electrons. The van der Waals surface area contributed by atoms with Gasteiger partial charge in [-0.25, -0.2) is 0 Å². The van der Waals surface area contributed by atoms with Crippen molar-refractivity contribution in [2.24, 2.45) is 5.92 Å². The molecule has 0 bridgehead atoms. The van der Waals surface area contributed by atoms with Gasteiger partial charge in [-0.2, -0.15) is 11.8 Å². The normalized spacial score (nSPS) is 23.0. The lowest BCUT2D eigenvalue weighted by atomic mass is 10.1. The maximum absolute atomic E-state index is 10.3. The molecular formula is C18H27N3O3S. The number of rotatable bonds is 9. The van der Waals surface area contributed by atoms with Crippen LogP contribution in [0.2, 0.25) is 0 Å². The Bertz CT molecular complexity index is 611. The van der Waals surface area contributed by atoms with Gasteiger partial charge in [0.05, 0.1) is 31.6 Å². The first-order chi connectivity index (χ1) is 12.2. The van der Waals surface area contributed by atoms with Crippen molar-refractivity contribution >= 4 is 23.0 Å². The van der Waals surface area contributed by atoms with Crippen molar-refractivity contribution in [1.29, 1.82) is 0 Å². The smallest absolute Gasteiger partial charge is 0.0727 e. The van der Waals surface area contributed by atoms with Crippen molar-refractivity contribution in [2.45, 2.75) is 12.5 Å². The van der Waals surface area contributed by atoms with Gasteiger partial charge < -0.3 is 20.7 Å². The molecule has 1 saturated heterocycles. The third kappa shape index (κ3) is 4.74. The monoisotopic (exact) mass is 365 g/mol. The van der Waals surface area contributed by atoms with E-state index in [4.69, 9.17) is 15.6 Å². The van der Waals surface area contributed by atoms with Crippen molar-refractivity contribution in [3.63, 3.8) is 0 Å². The molecule has 0 saturated carbocycles. The number of aromatic nitrogens is 1. The quantitative estimate of drug-likeness (QED) is 0.553. The topological polar surface area (TPSA) is 91.8 Å². The highest BCUT2D eigenvalue weighted by Gasteiger charge is 2.32. The van der Waals surface area contributed by atoms with E-state index in [0.29, 0.717) is 19.8 Å². The van der Waals surface area contributed by atoms with E-state index in [1.54, 1.807) is 18.0 Å². The van der Waals surface area contributed by atoms with Gasteiger partial charge in [-0.15, -0.1) is 0 Å². The molecular weight excluding hydrogens is 338 g/mol. The van der Waals surface area contributed by atoms with E-state index in [1.165, 1.54) is 5.57 Å². The van der Waals surface area contributed by atoms with Gasteiger partial charge in [-0.3, -0.25) is 9.88 Å². The molecule has 2 heterocycles. The van der Waals surface area contributed by atoms with Crippen molar-refractivity contribution in [1.82, 2.24) is 9.88 Å². The third-order valence-electron chi connectivity index (χ3n) is 4.76. The molecule has 2 aliphatic rings. The Hall–Kier alpha value is -1.12. The predicted octanol–water partition coefficient (Wildman–Crippen LogP) is 0.638. The highest BCUT2D eigenvalue weighted by atomic mass is 32.2. The molecule has 4 N–H and O–H groups in total. The molecule has 6 nitrogen and oxygen atoms in total. The minimum absolute atomic E-state index is 0.0699. The van der Waals surface area contributed by atoms with Gasteiger partial charge in [0.1, 0.15) is 0 Å². The van der Waals surface area contributed by atoms with E-state index in [0.717, 1.165) is 48.0 Å². The van der Waals surface area contributed by atoms with Crippen LogP contribution in [0.15, 0.2) is 18.3 Å². The van der Waals surface area contributed by atoms with Crippen LogP contribution in [-0.2, 0) is 11.2 Å². The van der Waals surface area contributed by atoms with E-state index in [9.17, 15) is 5.11 Å². The van der Waals surface area contributed by atoms with E-state index in [2.05, 4.69) is 16.0 Å². The van der Waals surface area contributed by atoms with Crippen LogP contribution in [0.1, 0.15) is 11.3 Å². The number of allylic oxidation sites excluding steroid dienone is 1. The standard InChI is InChI=1S/C18H27N3O3S/c19-16-3-4-20-18-13(1-2-15(16)18)9-21-10-14(17(23)11-21)12-25-8-7-24-6-5-22/h1,3-4,14,17,22-23H,2,5-12H2,(H2,19,20)/t14-,17-/m1/s1. The number of thioether (sulfide) groups is 1. The van der Waals surface area contributed by atoms with Crippen LogP contribution >= 0.6 is 11.8 Å². The summed E-state index contributed by atoms with van der Waals surface area (Å²) in [5.41, 5.74) is 10.2. The Morgan fingerprint density at radius 1 is 1.36 bits per heavy atom. The van der Waals surface area contributed by atoms with Gasteiger partial charge in [0, 0.05) is 48.8 Å². The Labute approximate surface area is 153 Å². The van der Waals surface area contributed by atoms with Gasteiger partial charge in [-0.05, 0) is 23.8 Å². The Kier molecular flexibility index (Phi) is 6.72. The number of fused-ring (bicyclic) bond motifs is 1. The lowest BCUT2D eigenvalue weighted by Gasteiger charge is -2.17. The number of nitrogen functional groups attached to an aromatic ring is 1. The summed E-state index contributed by atoms with van der Waals surface area (Å²) < 4.78 is 5.26. The van der Waals surface area contributed by atoms with Crippen LogP contribution in [-0.4, -0.2) is 77.2 Å². The van der Waals surface area contributed by atoms with Crippen LogP contribution in [0.25, 0.3) is 5.57 Å². The summed E-state index contributed by atoms with van der Waals surface area (Å²) in [6, 6.07) is 1.85. The molecule has 0 unspecified atom stereocenters. The van der Waals surface area contributed by atoms with E-state index >= 15 is 0 Å². The zero-order valence-electron chi connectivity index (χ0n) is 14.4. The third-order valence-corrected chi connectivity index (χ3v) is 5.88. The second-order valence-electron chi connectivity index (χ2n) is 6.59. The molecule has 7 heteroatoms. The number of hydrogen-bond acceptors (Lipinski definition) is 7. The van der Waals surface area contributed by atoms with Gasteiger partial charge in [-0.1, -0.05) is 6.08 Å². The number of ether oxygens (including phenoxy) is 1. The summed E-state index contributed by atoms with van der Waals surface area (Å²) >= 11 is 1.80. The van der Waals surface area contributed by atoms with Crippen LogP contribution in [0.5, 0.6) is 0 Å². The number of aliphatic hydroxyl groups is 2. The number of nitrogens with zero attached hydrogens (tertiary/aromatic N) is 2. The summed E-state index contributed by atoms with van der Waals surface area (Å²) in [7, 11) is 0. The van der Waals surface area contributed by atoms with E-state index in [1.807, 2.05) is 6.07 Å². The molecule has 0 amide bonds. The molecule has 0 aromatic carbocycles. The lowest BCUT2D eigenvalue weighted by molar-refractivity contribution is 0.103. The fourth-order valence-corrected chi connectivity index (χ4v) is 4.49. The Balaban J connectivity index is 1.44. The molecule has 1 aliphatic carbocycles. The number of anilines is 1. The van der Waals surface area contributed by atoms with Gasteiger partial charge in [0.2, 0.25) is 0 Å². The number of β-amino-alcohol motifs (C(OH)–C–C–N with tert-alkyl or cyclic N) is 1. The molecule has 1 aromatic rings. The summed E-state index contributed by atoms with van der Waals surface area (Å²) in [5.74, 6) is 2.12. The largest absolute Gasteiger partial charge is 0.398 e. The number of likely N-dealkylation sites (tertiary alicyclic amines) is 1. The number of pyridine rings is 1. The maximum Gasteiger partial charge on any atom is 0.0727 e. The molecule has 1 fully saturated rings. The van der Waals surface area contributed by atoms with Crippen molar-refractivity contribution < 1.29 is 14.9 Å². The average molecular weight is 365 g/mol. The summed E-state index contributed by atoms with van der Waals surface area (Å²) in [5, 5.41) is 19.0. The minimum Gasteiger partial charge on any atom is -0.398 e. The van der Waals surface area contributed by atoms with E-state index in [-0.39, 0.29) is 18.6 Å². The fraction of sp³-hybridized carbons (Fsp3) is 0.611. The second kappa shape index (κ2) is 9.00. The lowest BCUT2D eigenvalue weighted by Crippen LogP contribution is -2.24. The first-order valence-electron chi connectivity index (χ1n) is 8.78. The van der Waals surface area contributed by atoms with Crippen molar-refractivity contribution in [3.05, 3.63) is 29.6 Å². The number of hydrogen-bond donors (Lipinski definition) is 3. The molecule has 0 radical (unpaired) electrons. The zero-order chi connectivity index (χ0) is 17.6. The number of nitrogens with two attached hydrogens (primary N) is 1. The van der Waals surface area contributed by atoms with Crippen molar-refractivity contribution in [2.75, 3.05) is 56.7 Å². The molecule has 0 spiro atoms. The molecule has 3 rings (SSSR count). The van der Waals surface area contributed by atoms with E-state index < -0.39 is 0 Å².